The molecule has 1 aliphatic heterocycles. The molecule has 0 N–H and O–H groups in total. The maximum atomic E-state index is 5.67. The summed E-state index contributed by atoms with van der Waals surface area (Å²) in [6, 6.07) is 28.9. The number of anilines is 2. The maximum absolute atomic E-state index is 5.67. The average molecular weight is 1870 g/mol. The number of benzene rings is 4. The van der Waals surface area contributed by atoms with Crippen LogP contribution < -0.4 is 9.80 Å². The zero-order valence-corrected chi connectivity index (χ0v) is 80.4. The van der Waals surface area contributed by atoms with Crippen molar-refractivity contribution in [3.63, 3.8) is 0 Å². The summed E-state index contributed by atoms with van der Waals surface area (Å²) in [4.78, 5) is 4.81. The van der Waals surface area contributed by atoms with E-state index in [9.17, 15) is 0 Å². The first-order valence-corrected chi connectivity index (χ1v) is 62.7. The number of unbranched alkanes of at least 4 members (excludes halogenated alkanes) is 3. The predicted molar refractivity (Wildman–Crippen MR) is 482 cm³/mol. The van der Waals surface area contributed by atoms with Crippen LogP contribution in [0.5, 0.6) is 0 Å². The summed E-state index contributed by atoms with van der Waals surface area (Å²) in [6.45, 7) is 28.6. The van der Waals surface area contributed by atoms with Gasteiger partial charge in [-0.2, -0.15) is 6.67 Å². The molecule has 6 aliphatic carbocycles. The summed E-state index contributed by atoms with van der Waals surface area (Å²) in [7, 11) is 33.7. The van der Waals surface area contributed by atoms with Crippen molar-refractivity contribution in [2.24, 2.45) is 0 Å². The Morgan fingerprint density at radius 2 is 0.644 bits per heavy atom. The Balaban J connectivity index is 0.000000323. The average Bonchev–Trinajstić information content (AvgIpc) is 1.60. The first kappa shape index (κ1) is 98.9. The van der Waals surface area contributed by atoms with Crippen LogP contribution in [-0.4, -0.2) is 79.4 Å². The van der Waals surface area contributed by atoms with Gasteiger partial charge < -0.3 is 24.7 Å². The first-order valence-electron chi connectivity index (χ1n) is 40.7. The molecule has 7 aliphatic rings. The third-order valence-corrected chi connectivity index (χ3v) is 40.1. The fourth-order valence-electron chi connectivity index (χ4n) is 17.7. The van der Waals surface area contributed by atoms with Crippen LogP contribution in [0.2, 0.25) is 0 Å². The summed E-state index contributed by atoms with van der Waals surface area (Å²) < 4.78 is 5.73. The van der Waals surface area contributed by atoms with E-state index in [0.717, 1.165) is 24.2 Å². The van der Waals surface area contributed by atoms with Crippen LogP contribution in [0.25, 0.3) is 0 Å². The molecule has 0 bridgehead atoms. The van der Waals surface area contributed by atoms with Gasteiger partial charge in [-0.25, -0.2) is 0 Å². The zero-order valence-electron chi connectivity index (χ0n) is 67.6. The van der Waals surface area contributed by atoms with Crippen molar-refractivity contribution >= 4 is 107 Å². The molecule has 11 rings (SSSR count). The molecule has 0 amide bonds. The zero-order chi connectivity index (χ0) is 73.9. The topological polar surface area (TPSA) is 6.48 Å². The Morgan fingerprint density at radius 3 is 0.846 bits per heavy atom. The van der Waals surface area contributed by atoms with Crippen molar-refractivity contribution in [1.29, 1.82) is 0 Å². The van der Waals surface area contributed by atoms with Crippen molar-refractivity contribution in [2.75, 3.05) is 41.4 Å². The summed E-state index contributed by atoms with van der Waals surface area (Å²) in [5.41, 5.74) is 21.7. The second-order valence-corrected chi connectivity index (χ2v) is 58.2. The van der Waals surface area contributed by atoms with Gasteiger partial charge in [-0.05, 0) is 237 Å². The Hall–Kier alpha value is 0.730. The SMILES string of the molecule is C1CCC([PH+](C2CCCCC2)C2CCCCC2)CC1.C1CCC([PH+](C2CCCCC2)C2CCCCC2)CC1.CC(C)=C[CH]=[Ru]([Cl])[Cl].CCCC[PH+](CCCC)CCCC.Cc1cc(C)c(N2[CH-]N(c3c(C)cc(C)cc3C)CC2)c(C)c1.[CH3-].[CH3-].[Cl][Ru]([Cl])=[CH]c1ccccc1.[Cl][Ru]([Cl])=[CH]c1ccccc1. The molecule has 600 valence electrons. The summed E-state index contributed by atoms with van der Waals surface area (Å²) in [6.07, 6.45) is 62.9. The Labute approximate surface area is 685 Å². The van der Waals surface area contributed by atoms with E-state index in [-0.39, 0.29) is 38.6 Å². The van der Waals surface area contributed by atoms with E-state index in [1.54, 1.807) is 211 Å². The van der Waals surface area contributed by atoms with E-state index < -0.39 is 40.6 Å². The molecule has 104 heavy (non-hydrogen) atoms. The van der Waals surface area contributed by atoms with Gasteiger partial charge in [0.1, 0.15) is 0 Å². The quantitative estimate of drug-likeness (QED) is 0.0494. The molecular formula is C90H149Cl6N2P3Ru3. The summed E-state index contributed by atoms with van der Waals surface area (Å²) in [5.74, 6) is 0. The van der Waals surface area contributed by atoms with E-state index >= 15 is 0 Å². The van der Waals surface area contributed by atoms with Crippen LogP contribution in [0.1, 0.15) is 310 Å². The number of hydrogen-bond acceptors (Lipinski definition) is 2. The minimum atomic E-state index is -1.61. The van der Waals surface area contributed by atoms with Gasteiger partial charge in [0.15, 0.2) is 0 Å². The molecule has 6 saturated carbocycles. The predicted octanol–water partition coefficient (Wildman–Crippen LogP) is 31.1. The number of hydrogen-bond donors (Lipinski definition) is 0. The Kier molecular flexibility index (Phi) is 56.5. The molecule has 2 nitrogen and oxygen atoms in total. The number of nitrogens with zero attached hydrogens (tertiary/aromatic N) is 2. The van der Waals surface area contributed by atoms with Gasteiger partial charge >= 0.3 is 210 Å². The van der Waals surface area contributed by atoms with Gasteiger partial charge in [0.05, 0.1) is 52.4 Å². The van der Waals surface area contributed by atoms with Gasteiger partial charge in [0.2, 0.25) is 0 Å². The molecule has 7 fully saturated rings. The summed E-state index contributed by atoms with van der Waals surface area (Å²) in [5, 5.41) is 0. The van der Waals surface area contributed by atoms with E-state index in [4.69, 9.17) is 58.1 Å². The normalized spacial score (nSPS) is 18.1. The molecule has 0 atom stereocenters. The van der Waals surface area contributed by atoms with Crippen LogP contribution >= 0.6 is 81.9 Å². The molecule has 14 heteroatoms. The molecular weight excluding hydrogens is 1720 g/mol. The van der Waals surface area contributed by atoms with E-state index in [1.165, 1.54) is 123 Å². The molecule has 4 aromatic rings. The van der Waals surface area contributed by atoms with E-state index in [0.29, 0.717) is 0 Å². The fraction of sp³-hybridized carbons (Fsp3) is 0.644. The Bertz CT molecular complexity index is 2630. The van der Waals surface area contributed by atoms with Gasteiger partial charge in [0, 0.05) is 48.2 Å². The number of allylic oxidation sites excluding steroid dienone is 2. The monoisotopic (exact) mass is 1870 g/mol. The van der Waals surface area contributed by atoms with Crippen LogP contribution in [0, 0.1) is 63.1 Å². The number of halogens is 6. The Morgan fingerprint density at radius 1 is 0.394 bits per heavy atom. The summed E-state index contributed by atoms with van der Waals surface area (Å²) >= 11 is -4.75. The number of rotatable bonds is 20. The van der Waals surface area contributed by atoms with Crippen molar-refractivity contribution < 1.29 is 40.6 Å². The standard InChI is InChI=1S/C21H27N2.2C18H33P.C12H27P.2C7H6.C5H8.2CH3.6ClH.3Ru/c1-14-9-16(3)20(17(4)10-14)22-7-8-23(13-22)21-18(5)11-15(2)12-19(21)6;2*1-4-10-16(11-5-1)19(17-12-6-2-7-13-17)18-14-8-3-9-15-18;1-4-7-10-13(11-8-5-2)12-9-6-3;2*1-7-5-3-2-4-6-7;1-4-5(2)3;;;;;;;;;;;/h9-13H,7-8H2,1-6H3;2*16-18H,1-15H2;4-12H2,1-3H3;2*1-6H;1,4H,2-3H3;2*1H3;6*1H;;;/q-1;;;;;;;2*-1;;;;;;;3*+2/p-3. The fourth-order valence-corrected chi connectivity index (χ4v) is 36.5. The molecule has 0 unspecified atom stereocenters. The van der Waals surface area contributed by atoms with Gasteiger partial charge in [-0.15, -0.1) is 0 Å². The van der Waals surface area contributed by atoms with Gasteiger partial charge in [-0.1, -0.05) is 114 Å². The minimum absolute atomic E-state index is 0. The van der Waals surface area contributed by atoms with Crippen molar-refractivity contribution in [3.8, 4) is 0 Å². The molecule has 1 saturated heterocycles. The van der Waals surface area contributed by atoms with Crippen LogP contribution in [0.15, 0.2) is 96.6 Å². The van der Waals surface area contributed by atoms with Crippen LogP contribution in [-0.2, 0) is 40.6 Å². The second-order valence-electron chi connectivity index (χ2n) is 31.1. The van der Waals surface area contributed by atoms with Crippen LogP contribution in [0.4, 0.5) is 11.4 Å². The van der Waals surface area contributed by atoms with E-state index in [1.807, 2.05) is 94.4 Å². The number of aryl methyl sites for hydroxylation is 6. The molecule has 1 heterocycles. The third kappa shape index (κ3) is 40.1. The molecule has 4 aromatic carbocycles. The van der Waals surface area contributed by atoms with Crippen LogP contribution in [0.3, 0.4) is 0 Å². The second kappa shape index (κ2) is 59.4. The third-order valence-electron chi connectivity index (χ3n) is 22.3. The van der Waals surface area contributed by atoms with Gasteiger partial charge in [-0.3, -0.25) is 0 Å². The van der Waals surface area contributed by atoms with Crippen molar-refractivity contribution in [2.45, 2.75) is 341 Å². The van der Waals surface area contributed by atoms with E-state index in [2.05, 4.69) is 103 Å². The molecule has 0 radical (unpaired) electrons. The van der Waals surface area contributed by atoms with Crippen molar-refractivity contribution in [1.82, 2.24) is 0 Å². The van der Waals surface area contributed by atoms with Crippen molar-refractivity contribution in [3.05, 3.63) is 163 Å². The molecule has 0 aromatic heterocycles. The molecule has 0 spiro atoms. The van der Waals surface area contributed by atoms with Gasteiger partial charge in [0.25, 0.3) is 0 Å². The first-order chi connectivity index (χ1) is 49.3.